The van der Waals surface area contributed by atoms with E-state index >= 15 is 0 Å². The van der Waals surface area contributed by atoms with Gasteiger partial charge in [0.25, 0.3) is 6.43 Å². The van der Waals surface area contributed by atoms with Crippen molar-refractivity contribution in [3.63, 3.8) is 0 Å². The van der Waals surface area contributed by atoms with E-state index in [0.29, 0.717) is 75.4 Å². The van der Waals surface area contributed by atoms with Gasteiger partial charge in [0, 0.05) is 50.4 Å². The molecule has 12 heteroatoms. The Balaban J connectivity index is 1.26. The molecule has 10 nitrogen and oxygen atoms in total. The number of nitrogens with zero attached hydrogens (tertiary/aromatic N) is 5. The first-order valence-electron chi connectivity index (χ1n) is 13.4. The van der Waals surface area contributed by atoms with E-state index in [4.69, 9.17) is 9.47 Å². The zero-order valence-corrected chi connectivity index (χ0v) is 21.4. The number of benzene rings is 1. The standard InChI is InChI=1S/C27H30F2N6O4/c28-24(29)25-31-20-3-1-2-4-21(20)35(25)22-15-23(33-27(32-22)34-9-11-38-12-10-34)39-19-8-6-17(14-19)30-26(37)16-5-7-18(36)13-16/h1-4,15-17,19,24H,5-14H2,(H,30,37)/t16-,17?,19?/m0/s1. The molecule has 0 spiro atoms. The smallest absolute Gasteiger partial charge is 0.296 e. The SMILES string of the molecule is O=C1CC[C@H](C(=O)NC2CCC(Oc3cc(-n4c(C(F)F)nc5ccccc54)nc(N4CCOCC4)n3)C2)C1. The minimum absolute atomic E-state index is 0.0544. The van der Waals surface area contributed by atoms with Gasteiger partial charge in [-0.3, -0.25) is 14.2 Å². The summed E-state index contributed by atoms with van der Waals surface area (Å²) in [5.41, 5.74) is 0.958. The number of anilines is 1. The molecule has 1 aromatic carbocycles. The van der Waals surface area contributed by atoms with Gasteiger partial charge in [0.2, 0.25) is 17.7 Å². The molecule has 6 rings (SSSR count). The van der Waals surface area contributed by atoms with E-state index in [9.17, 15) is 18.4 Å². The van der Waals surface area contributed by atoms with Gasteiger partial charge in [0.1, 0.15) is 17.7 Å². The Morgan fingerprint density at radius 2 is 1.92 bits per heavy atom. The number of halogens is 2. The van der Waals surface area contributed by atoms with Crippen LogP contribution in [0.1, 0.15) is 50.8 Å². The van der Waals surface area contributed by atoms with Gasteiger partial charge in [-0.15, -0.1) is 0 Å². The van der Waals surface area contributed by atoms with E-state index in [0.717, 1.165) is 6.42 Å². The van der Waals surface area contributed by atoms with Crippen molar-refractivity contribution >= 4 is 28.7 Å². The Labute approximate surface area is 223 Å². The van der Waals surface area contributed by atoms with E-state index < -0.39 is 12.2 Å². The van der Waals surface area contributed by atoms with Gasteiger partial charge in [0.15, 0.2) is 5.82 Å². The van der Waals surface area contributed by atoms with E-state index in [-0.39, 0.29) is 41.5 Å². The molecule has 1 N–H and O–H groups in total. The number of ketones is 1. The molecule has 3 fully saturated rings. The van der Waals surface area contributed by atoms with Crippen LogP contribution in [0.5, 0.6) is 5.88 Å². The van der Waals surface area contributed by atoms with Crippen molar-refractivity contribution in [1.29, 1.82) is 0 Å². The van der Waals surface area contributed by atoms with Gasteiger partial charge in [-0.05, 0) is 31.4 Å². The molecule has 1 amide bonds. The molecular weight excluding hydrogens is 510 g/mol. The van der Waals surface area contributed by atoms with Crippen molar-refractivity contribution in [1.82, 2.24) is 24.8 Å². The lowest BCUT2D eigenvalue weighted by Gasteiger charge is -2.27. The van der Waals surface area contributed by atoms with Crippen LogP contribution in [0, 0.1) is 5.92 Å². The monoisotopic (exact) mass is 540 g/mol. The molecule has 3 atom stereocenters. The zero-order chi connectivity index (χ0) is 26.9. The summed E-state index contributed by atoms with van der Waals surface area (Å²) >= 11 is 0. The van der Waals surface area contributed by atoms with Crippen LogP contribution in [0.4, 0.5) is 14.7 Å². The number of aromatic nitrogens is 4. The fourth-order valence-electron chi connectivity index (χ4n) is 5.62. The van der Waals surface area contributed by atoms with Crippen LogP contribution in [-0.2, 0) is 14.3 Å². The molecule has 1 saturated heterocycles. The largest absolute Gasteiger partial charge is 0.474 e. The Hall–Kier alpha value is -3.67. The highest BCUT2D eigenvalue weighted by atomic mass is 19.3. The van der Waals surface area contributed by atoms with Gasteiger partial charge in [-0.2, -0.15) is 9.97 Å². The molecule has 1 aliphatic heterocycles. The molecule has 3 aliphatic rings. The third-order valence-corrected chi connectivity index (χ3v) is 7.62. The van der Waals surface area contributed by atoms with E-state index in [2.05, 4.69) is 20.3 Å². The minimum Gasteiger partial charge on any atom is -0.474 e. The average Bonchev–Trinajstić information content (AvgIpc) is 3.67. The predicted octanol–water partition coefficient (Wildman–Crippen LogP) is 3.38. The lowest BCUT2D eigenvalue weighted by atomic mass is 10.1. The Morgan fingerprint density at radius 1 is 1.10 bits per heavy atom. The lowest BCUT2D eigenvalue weighted by Crippen LogP contribution is -2.38. The normalized spacial score (nSPS) is 23.6. The zero-order valence-electron chi connectivity index (χ0n) is 21.4. The summed E-state index contributed by atoms with van der Waals surface area (Å²) in [5.74, 6) is 0.320. The summed E-state index contributed by atoms with van der Waals surface area (Å²) in [6.07, 6.45) is 0.409. The second-order valence-corrected chi connectivity index (χ2v) is 10.3. The molecule has 39 heavy (non-hydrogen) atoms. The minimum atomic E-state index is -2.81. The molecule has 3 aromatic rings. The van der Waals surface area contributed by atoms with E-state index in [1.165, 1.54) is 4.57 Å². The number of hydrogen-bond acceptors (Lipinski definition) is 8. The topological polar surface area (TPSA) is 111 Å². The summed E-state index contributed by atoms with van der Waals surface area (Å²) in [6.45, 7) is 2.15. The van der Waals surface area contributed by atoms with E-state index in [1.807, 2.05) is 4.90 Å². The summed E-state index contributed by atoms with van der Waals surface area (Å²) in [6, 6.07) is 8.45. The number of alkyl halides is 2. The molecule has 3 heterocycles. The maximum Gasteiger partial charge on any atom is 0.296 e. The van der Waals surface area contributed by atoms with Crippen molar-refractivity contribution in [2.24, 2.45) is 5.92 Å². The number of carbonyl (C=O) groups is 2. The molecule has 0 radical (unpaired) electrons. The lowest BCUT2D eigenvalue weighted by molar-refractivity contribution is -0.127. The molecule has 206 valence electrons. The third-order valence-electron chi connectivity index (χ3n) is 7.62. The number of amides is 1. The predicted molar refractivity (Wildman–Crippen MR) is 137 cm³/mol. The second kappa shape index (κ2) is 10.8. The Morgan fingerprint density at radius 3 is 2.69 bits per heavy atom. The highest BCUT2D eigenvalue weighted by Gasteiger charge is 2.33. The number of rotatable bonds is 7. The fraction of sp³-hybridized carbons (Fsp3) is 0.519. The number of nitrogens with one attached hydrogen (secondary N) is 1. The number of morpholine rings is 1. The maximum absolute atomic E-state index is 14.1. The average molecular weight is 541 g/mol. The number of para-hydroxylation sites is 2. The maximum atomic E-state index is 14.1. The van der Waals surface area contributed by atoms with Crippen LogP contribution in [0.15, 0.2) is 30.3 Å². The molecular formula is C27H30F2N6O4. The number of ether oxygens (including phenoxy) is 2. The van der Waals surface area contributed by atoms with Gasteiger partial charge >= 0.3 is 0 Å². The number of carbonyl (C=O) groups excluding carboxylic acids is 2. The molecule has 2 saturated carbocycles. The number of Topliss-reactive ketones (excluding diaryl/α,β-unsaturated/α-hetero) is 1. The number of fused-ring (bicyclic) bond motifs is 1. The van der Waals surface area contributed by atoms with Crippen LogP contribution < -0.4 is 15.0 Å². The Kier molecular flexibility index (Phi) is 7.11. The van der Waals surface area contributed by atoms with Crippen molar-refractivity contribution in [2.45, 2.75) is 57.1 Å². The molecule has 2 aliphatic carbocycles. The summed E-state index contributed by atoms with van der Waals surface area (Å²) in [7, 11) is 0. The van der Waals surface area contributed by atoms with Crippen molar-refractivity contribution in [2.75, 3.05) is 31.2 Å². The van der Waals surface area contributed by atoms with Gasteiger partial charge in [-0.25, -0.2) is 13.8 Å². The number of hydrogen-bond donors (Lipinski definition) is 1. The van der Waals surface area contributed by atoms with Gasteiger partial charge in [0.05, 0.1) is 24.2 Å². The van der Waals surface area contributed by atoms with Crippen LogP contribution in [0.3, 0.4) is 0 Å². The molecule has 0 bridgehead atoms. The first-order chi connectivity index (χ1) is 18.9. The van der Waals surface area contributed by atoms with Crippen molar-refractivity contribution in [3.05, 3.63) is 36.2 Å². The van der Waals surface area contributed by atoms with E-state index in [1.54, 1.807) is 30.3 Å². The van der Waals surface area contributed by atoms with Crippen LogP contribution >= 0.6 is 0 Å². The summed E-state index contributed by atoms with van der Waals surface area (Å²) < 4.78 is 41.3. The first kappa shape index (κ1) is 25.6. The van der Waals surface area contributed by atoms with Crippen LogP contribution in [0.25, 0.3) is 16.9 Å². The summed E-state index contributed by atoms with van der Waals surface area (Å²) in [4.78, 5) is 39.5. The highest BCUT2D eigenvalue weighted by molar-refractivity contribution is 5.90. The Bertz CT molecular complexity index is 1380. The number of imidazole rings is 1. The molecule has 2 aromatic heterocycles. The van der Waals surface area contributed by atoms with Crippen molar-refractivity contribution in [3.8, 4) is 11.7 Å². The summed E-state index contributed by atoms with van der Waals surface area (Å²) in [5, 5.41) is 3.07. The highest BCUT2D eigenvalue weighted by Crippen LogP contribution is 2.31. The van der Waals surface area contributed by atoms with Crippen LogP contribution in [-0.4, -0.2) is 69.7 Å². The van der Waals surface area contributed by atoms with Gasteiger partial charge < -0.3 is 19.7 Å². The first-order valence-corrected chi connectivity index (χ1v) is 13.4. The van der Waals surface area contributed by atoms with Crippen molar-refractivity contribution < 1.29 is 27.8 Å². The van der Waals surface area contributed by atoms with Crippen LogP contribution in [0.2, 0.25) is 0 Å². The third kappa shape index (κ3) is 5.42. The van der Waals surface area contributed by atoms with Gasteiger partial charge in [-0.1, -0.05) is 12.1 Å². The molecule has 2 unspecified atom stereocenters. The quantitative estimate of drug-likeness (QED) is 0.486. The fourth-order valence-corrected chi connectivity index (χ4v) is 5.62. The second-order valence-electron chi connectivity index (χ2n) is 10.3.